The molecule has 1 saturated heterocycles. The molecule has 2 atom stereocenters. The smallest absolute Gasteiger partial charge is 0.416 e. The fourth-order valence-corrected chi connectivity index (χ4v) is 2.39. The number of amides is 1. The lowest BCUT2D eigenvalue weighted by molar-refractivity contribution is -0.141. The molecule has 0 aromatic heterocycles. The Kier molecular flexibility index (Phi) is 4.41. The van der Waals surface area contributed by atoms with Crippen molar-refractivity contribution >= 4 is 11.9 Å². The highest BCUT2D eigenvalue weighted by Crippen LogP contribution is 2.30. The van der Waals surface area contributed by atoms with Crippen LogP contribution in [0.25, 0.3) is 0 Å². The third-order valence-electron chi connectivity index (χ3n) is 3.60. The molecular formula is C14H14F3NO4. The average Bonchev–Trinajstić information content (AvgIpc) is 2.90. The van der Waals surface area contributed by atoms with Gasteiger partial charge in [-0.25, -0.2) is 4.79 Å². The van der Waals surface area contributed by atoms with Crippen LogP contribution in [-0.2, 0) is 15.7 Å². The molecule has 1 aromatic carbocycles. The second kappa shape index (κ2) is 5.96. The largest absolute Gasteiger partial charge is 0.480 e. The van der Waals surface area contributed by atoms with Crippen LogP contribution in [0.4, 0.5) is 13.2 Å². The van der Waals surface area contributed by atoms with Crippen LogP contribution in [0.15, 0.2) is 24.3 Å². The van der Waals surface area contributed by atoms with Crippen molar-refractivity contribution in [1.29, 1.82) is 0 Å². The molecule has 1 fully saturated rings. The van der Waals surface area contributed by atoms with Gasteiger partial charge >= 0.3 is 12.1 Å². The number of halogens is 3. The molecule has 1 N–H and O–H groups in total. The molecule has 0 saturated carbocycles. The predicted molar refractivity (Wildman–Crippen MR) is 69.3 cm³/mol. The van der Waals surface area contributed by atoms with Gasteiger partial charge in [-0.3, -0.25) is 4.79 Å². The minimum Gasteiger partial charge on any atom is -0.480 e. The van der Waals surface area contributed by atoms with Gasteiger partial charge in [0.05, 0.1) is 11.7 Å². The summed E-state index contributed by atoms with van der Waals surface area (Å²) in [6, 6.07) is 2.65. The number of nitrogens with zero attached hydrogens (tertiary/aromatic N) is 1. The van der Waals surface area contributed by atoms with Gasteiger partial charge in [0.1, 0.15) is 6.04 Å². The van der Waals surface area contributed by atoms with Gasteiger partial charge in [-0.2, -0.15) is 13.2 Å². The van der Waals surface area contributed by atoms with E-state index in [2.05, 4.69) is 0 Å². The zero-order chi connectivity index (χ0) is 16.5. The fraction of sp³-hybridized carbons (Fsp3) is 0.429. The Morgan fingerprint density at radius 3 is 2.32 bits per heavy atom. The van der Waals surface area contributed by atoms with Gasteiger partial charge in [0.25, 0.3) is 5.91 Å². The highest BCUT2D eigenvalue weighted by atomic mass is 19.4. The first-order chi connectivity index (χ1) is 10.2. The number of likely N-dealkylation sites (tertiary alicyclic amines) is 1. The Morgan fingerprint density at radius 2 is 1.86 bits per heavy atom. The van der Waals surface area contributed by atoms with Crippen molar-refractivity contribution in [3.8, 4) is 0 Å². The summed E-state index contributed by atoms with van der Waals surface area (Å²) >= 11 is 0. The molecule has 0 spiro atoms. The van der Waals surface area contributed by atoms with Gasteiger partial charge in [-0.15, -0.1) is 0 Å². The first-order valence-corrected chi connectivity index (χ1v) is 6.48. The Bertz CT molecular complexity index is 570. The van der Waals surface area contributed by atoms with Crippen LogP contribution in [0.5, 0.6) is 0 Å². The quantitative estimate of drug-likeness (QED) is 0.926. The van der Waals surface area contributed by atoms with Crippen LogP contribution in [0.3, 0.4) is 0 Å². The number of hydrogen-bond acceptors (Lipinski definition) is 3. The maximum Gasteiger partial charge on any atom is 0.416 e. The normalized spacial score (nSPS) is 21.9. The molecule has 120 valence electrons. The lowest BCUT2D eigenvalue weighted by Crippen LogP contribution is -2.40. The predicted octanol–water partition coefficient (Wildman–Crippen LogP) is 2.02. The first-order valence-electron chi connectivity index (χ1n) is 6.48. The fourth-order valence-electron chi connectivity index (χ4n) is 2.39. The summed E-state index contributed by atoms with van der Waals surface area (Å²) < 4.78 is 42.6. The summed E-state index contributed by atoms with van der Waals surface area (Å²) in [5.41, 5.74) is -0.856. The van der Waals surface area contributed by atoms with E-state index in [1.165, 1.54) is 7.11 Å². The number of carbonyl (C=O) groups is 2. The summed E-state index contributed by atoms with van der Waals surface area (Å²) in [5, 5.41) is 9.15. The van der Waals surface area contributed by atoms with Gasteiger partial charge in [0.2, 0.25) is 0 Å². The van der Waals surface area contributed by atoms with Crippen LogP contribution < -0.4 is 0 Å². The van der Waals surface area contributed by atoms with E-state index in [0.717, 1.165) is 29.2 Å². The van der Waals surface area contributed by atoms with E-state index < -0.39 is 35.8 Å². The third kappa shape index (κ3) is 3.22. The van der Waals surface area contributed by atoms with E-state index in [-0.39, 0.29) is 18.5 Å². The molecular weight excluding hydrogens is 303 g/mol. The van der Waals surface area contributed by atoms with Crippen molar-refractivity contribution in [3.05, 3.63) is 35.4 Å². The van der Waals surface area contributed by atoms with Crippen LogP contribution >= 0.6 is 0 Å². The minimum absolute atomic E-state index is 0.0102. The second-order valence-corrected chi connectivity index (χ2v) is 4.98. The number of rotatable bonds is 3. The Morgan fingerprint density at radius 1 is 1.27 bits per heavy atom. The monoisotopic (exact) mass is 317 g/mol. The van der Waals surface area contributed by atoms with E-state index in [0.29, 0.717) is 0 Å². The minimum atomic E-state index is -4.49. The lowest BCUT2D eigenvalue weighted by Gasteiger charge is -2.21. The van der Waals surface area contributed by atoms with Crippen molar-refractivity contribution < 1.29 is 32.6 Å². The standard InChI is InChI=1S/C14H14F3NO4/c1-22-10-6-11(13(20)21)18(7-10)12(19)8-2-4-9(5-3-8)14(15,16)17/h2-5,10-11H,6-7H2,1H3,(H,20,21). The SMILES string of the molecule is COC1CC(C(=O)O)N(C(=O)c2ccc(C(F)(F)F)cc2)C1. The van der Waals surface area contributed by atoms with E-state index in [1.807, 2.05) is 0 Å². The number of hydrogen-bond donors (Lipinski definition) is 1. The number of aliphatic carboxylic acids is 1. The van der Waals surface area contributed by atoms with Gasteiger partial charge < -0.3 is 14.7 Å². The van der Waals surface area contributed by atoms with Gasteiger partial charge in [-0.1, -0.05) is 0 Å². The van der Waals surface area contributed by atoms with Crippen molar-refractivity contribution in [2.75, 3.05) is 13.7 Å². The average molecular weight is 317 g/mol. The number of carboxylic acid groups (broad SMARTS) is 1. The molecule has 22 heavy (non-hydrogen) atoms. The summed E-state index contributed by atoms with van der Waals surface area (Å²) in [5.74, 6) is -1.79. The van der Waals surface area contributed by atoms with Gasteiger partial charge in [0.15, 0.2) is 0 Å². The molecule has 2 unspecified atom stereocenters. The van der Waals surface area contributed by atoms with Crippen molar-refractivity contribution in [2.45, 2.75) is 24.7 Å². The van der Waals surface area contributed by atoms with E-state index in [9.17, 15) is 22.8 Å². The highest BCUT2D eigenvalue weighted by molar-refractivity contribution is 5.97. The number of benzene rings is 1. The zero-order valence-corrected chi connectivity index (χ0v) is 11.6. The van der Waals surface area contributed by atoms with Crippen molar-refractivity contribution in [3.63, 3.8) is 0 Å². The van der Waals surface area contributed by atoms with Crippen LogP contribution in [0, 0.1) is 0 Å². The summed E-state index contributed by atoms with van der Waals surface area (Å²) in [7, 11) is 1.41. The summed E-state index contributed by atoms with van der Waals surface area (Å²) in [4.78, 5) is 24.6. The molecule has 8 heteroatoms. The van der Waals surface area contributed by atoms with Crippen LogP contribution in [0.1, 0.15) is 22.3 Å². The molecule has 2 rings (SSSR count). The molecule has 1 heterocycles. The number of carbonyl (C=O) groups excluding carboxylic acids is 1. The van der Waals surface area contributed by atoms with Crippen molar-refractivity contribution in [2.24, 2.45) is 0 Å². The number of alkyl halides is 3. The summed E-state index contributed by atoms with van der Waals surface area (Å²) in [6.07, 6.45) is -4.74. The van der Waals surface area contributed by atoms with Gasteiger partial charge in [0, 0.05) is 25.6 Å². The molecule has 1 aliphatic rings. The van der Waals surface area contributed by atoms with Crippen LogP contribution in [-0.4, -0.2) is 47.7 Å². The molecule has 1 amide bonds. The Balaban J connectivity index is 2.21. The zero-order valence-electron chi connectivity index (χ0n) is 11.6. The highest BCUT2D eigenvalue weighted by Gasteiger charge is 2.40. The first kappa shape index (κ1) is 16.3. The van der Waals surface area contributed by atoms with Crippen LogP contribution in [0.2, 0.25) is 0 Å². The number of carboxylic acids is 1. The van der Waals surface area contributed by atoms with Crippen molar-refractivity contribution in [1.82, 2.24) is 4.90 Å². The van der Waals surface area contributed by atoms with E-state index in [4.69, 9.17) is 9.84 Å². The molecule has 0 radical (unpaired) electrons. The number of ether oxygens (including phenoxy) is 1. The van der Waals surface area contributed by atoms with E-state index >= 15 is 0 Å². The lowest BCUT2D eigenvalue weighted by atomic mass is 10.1. The maximum absolute atomic E-state index is 12.5. The molecule has 0 bridgehead atoms. The summed E-state index contributed by atoms with van der Waals surface area (Å²) in [6.45, 7) is 0.0906. The molecule has 5 nitrogen and oxygen atoms in total. The van der Waals surface area contributed by atoms with Gasteiger partial charge in [-0.05, 0) is 24.3 Å². The Hall–Kier alpha value is -2.09. The molecule has 1 aliphatic heterocycles. The Labute approximate surface area is 124 Å². The number of methoxy groups -OCH3 is 1. The molecule has 1 aromatic rings. The topological polar surface area (TPSA) is 66.8 Å². The molecule has 0 aliphatic carbocycles. The maximum atomic E-state index is 12.5. The van der Waals surface area contributed by atoms with E-state index in [1.54, 1.807) is 0 Å². The third-order valence-corrected chi connectivity index (χ3v) is 3.60. The second-order valence-electron chi connectivity index (χ2n) is 4.98.